The van der Waals surface area contributed by atoms with Crippen molar-refractivity contribution in [1.29, 1.82) is 0 Å². The van der Waals surface area contributed by atoms with E-state index in [1.807, 2.05) is 4.90 Å². The van der Waals surface area contributed by atoms with E-state index >= 15 is 0 Å². The van der Waals surface area contributed by atoms with Crippen LogP contribution in [0.25, 0.3) is 0 Å². The number of nitrogen functional groups attached to an aromatic ring is 1. The number of anilines is 2. The molecule has 12 heteroatoms. The van der Waals surface area contributed by atoms with Gasteiger partial charge in [0.05, 0.1) is 16.7 Å². The van der Waals surface area contributed by atoms with Gasteiger partial charge < -0.3 is 10.6 Å². The van der Waals surface area contributed by atoms with E-state index in [1.165, 1.54) is 17.0 Å². The molecule has 1 saturated heterocycles. The maximum atomic E-state index is 13.1. The Balaban J connectivity index is 0.00000216. The molecule has 0 spiro atoms. The van der Waals surface area contributed by atoms with E-state index in [4.69, 9.17) is 17.3 Å². The highest BCUT2D eigenvalue weighted by atomic mass is 35.5. The predicted octanol–water partition coefficient (Wildman–Crippen LogP) is 4.98. The van der Waals surface area contributed by atoms with Crippen LogP contribution in [0.2, 0.25) is 5.02 Å². The van der Waals surface area contributed by atoms with E-state index in [-0.39, 0.29) is 42.3 Å². The van der Waals surface area contributed by atoms with E-state index in [9.17, 15) is 22.8 Å². The molecule has 2 aromatic rings. The second-order valence-corrected chi connectivity index (χ2v) is 8.69. The number of piperazine rings is 1. The molecule has 2 aliphatic heterocycles. The summed E-state index contributed by atoms with van der Waals surface area (Å²) in [5.41, 5.74) is 5.66. The first kappa shape index (κ1) is 29.0. The number of halogens is 6. The molecule has 0 saturated carbocycles. The fraction of sp³-hybridized carbons (Fsp3) is 0.391. The highest BCUT2D eigenvalue weighted by molar-refractivity contribution is 6.32. The Labute approximate surface area is 219 Å². The molecule has 0 radical (unpaired) electrons. The van der Waals surface area contributed by atoms with Gasteiger partial charge in [-0.15, -0.1) is 24.8 Å². The third-order valence-corrected chi connectivity index (χ3v) is 6.35. The second-order valence-electron chi connectivity index (χ2n) is 8.26. The lowest BCUT2D eigenvalue weighted by Crippen LogP contribution is -2.46. The van der Waals surface area contributed by atoms with Gasteiger partial charge in [-0.05, 0) is 55.8 Å². The van der Waals surface area contributed by atoms with Crippen molar-refractivity contribution in [3.05, 3.63) is 58.1 Å². The summed E-state index contributed by atoms with van der Waals surface area (Å²) in [6, 6.07) is 8.74. The number of carbonyl (C=O) groups is 2. The second kappa shape index (κ2) is 11.7. The van der Waals surface area contributed by atoms with Gasteiger partial charge in [0.1, 0.15) is 0 Å². The number of alkyl halides is 3. The van der Waals surface area contributed by atoms with Crippen molar-refractivity contribution >= 4 is 59.6 Å². The Morgan fingerprint density at radius 3 is 2.14 bits per heavy atom. The van der Waals surface area contributed by atoms with Crippen LogP contribution in [0.3, 0.4) is 0 Å². The Morgan fingerprint density at radius 1 is 0.857 bits per heavy atom. The van der Waals surface area contributed by atoms with Crippen LogP contribution in [0.4, 0.5) is 24.5 Å². The molecule has 0 aromatic heterocycles. The number of rotatable bonds is 6. The number of hydrogen-bond acceptors (Lipinski definition) is 5. The molecule has 0 atom stereocenters. The number of benzene rings is 2. The summed E-state index contributed by atoms with van der Waals surface area (Å²) in [5, 5.41) is 0.421. The Hall–Kier alpha value is -2.20. The summed E-state index contributed by atoms with van der Waals surface area (Å²) < 4.78 is 39.4. The van der Waals surface area contributed by atoms with Gasteiger partial charge in [0.25, 0.3) is 11.8 Å². The Kier molecular flexibility index (Phi) is 9.70. The van der Waals surface area contributed by atoms with Crippen LogP contribution in [0.1, 0.15) is 39.1 Å². The highest BCUT2D eigenvalue weighted by Gasteiger charge is 2.35. The van der Waals surface area contributed by atoms with Crippen molar-refractivity contribution in [3.63, 3.8) is 0 Å². The van der Waals surface area contributed by atoms with E-state index in [0.29, 0.717) is 47.9 Å². The molecule has 4 rings (SSSR count). The zero-order chi connectivity index (χ0) is 23.8. The Morgan fingerprint density at radius 2 is 1.49 bits per heavy atom. The molecule has 35 heavy (non-hydrogen) atoms. The lowest BCUT2D eigenvalue weighted by atomic mass is 10.1. The molecule has 6 nitrogen and oxygen atoms in total. The zero-order valence-corrected chi connectivity index (χ0v) is 21.1. The minimum absolute atomic E-state index is 0. The lowest BCUT2D eigenvalue weighted by Gasteiger charge is -2.36. The molecule has 0 aliphatic carbocycles. The number of nitrogens with zero attached hydrogens (tertiary/aromatic N) is 3. The normalized spacial score (nSPS) is 16.1. The van der Waals surface area contributed by atoms with Gasteiger partial charge in [0, 0.05) is 49.1 Å². The number of carbonyl (C=O) groups excluding carboxylic acids is 2. The quantitative estimate of drug-likeness (QED) is 0.310. The first-order chi connectivity index (χ1) is 15.6. The molecule has 0 unspecified atom stereocenters. The van der Waals surface area contributed by atoms with Crippen LogP contribution in [0.15, 0.2) is 36.4 Å². The van der Waals surface area contributed by atoms with Gasteiger partial charge in [-0.1, -0.05) is 11.6 Å². The molecular formula is C23H26Cl3F3N4O2. The van der Waals surface area contributed by atoms with Gasteiger partial charge in [-0.2, -0.15) is 13.2 Å². The van der Waals surface area contributed by atoms with Crippen molar-refractivity contribution in [2.45, 2.75) is 19.0 Å². The third-order valence-electron chi connectivity index (χ3n) is 6.12. The first-order valence-corrected chi connectivity index (χ1v) is 11.1. The average Bonchev–Trinajstić information content (AvgIpc) is 3.00. The van der Waals surface area contributed by atoms with E-state index in [0.717, 1.165) is 32.1 Å². The topological polar surface area (TPSA) is 69.9 Å². The summed E-state index contributed by atoms with van der Waals surface area (Å²) in [6.45, 7) is 3.79. The van der Waals surface area contributed by atoms with E-state index < -0.39 is 11.7 Å². The fourth-order valence-electron chi connectivity index (χ4n) is 4.29. The van der Waals surface area contributed by atoms with Gasteiger partial charge in [-0.3, -0.25) is 19.4 Å². The summed E-state index contributed by atoms with van der Waals surface area (Å²) in [4.78, 5) is 30.4. The van der Waals surface area contributed by atoms with Crippen molar-refractivity contribution in [3.8, 4) is 0 Å². The number of imide groups is 1. The number of unbranched alkanes of at least 4 members (excludes halogenated alkanes) is 1. The standard InChI is InChI=1S/C23H24ClF3N4O2.2ClH/c24-15-3-5-17-18(13-15)22(33)31(21(17)32)8-2-1-7-29-9-11-30(12-10-29)16-4-6-20(28)19(14-16)23(25,26)27;;/h3-6,13-14H,1-2,7-12,28H2;2*1H. The number of amides is 2. The summed E-state index contributed by atoms with van der Waals surface area (Å²) in [5.74, 6) is -0.602. The van der Waals surface area contributed by atoms with Crippen LogP contribution < -0.4 is 10.6 Å². The summed E-state index contributed by atoms with van der Waals surface area (Å²) in [7, 11) is 0. The summed E-state index contributed by atoms with van der Waals surface area (Å²) in [6.07, 6.45) is -3.01. The molecular weight excluding hydrogens is 528 g/mol. The largest absolute Gasteiger partial charge is 0.418 e. The smallest absolute Gasteiger partial charge is 0.398 e. The molecule has 1 fully saturated rings. The zero-order valence-electron chi connectivity index (χ0n) is 18.7. The van der Waals surface area contributed by atoms with E-state index in [1.54, 1.807) is 18.2 Å². The first-order valence-electron chi connectivity index (χ1n) is 10.7. The van der Waals surface area contributed by atoms with Crippen LogP contribution in [0.5, 0.6) is 0 Å². The third kappa shape index (κ3) is 6.33. The molecule has 2 aromatic carbocycles. The van der Waals surface area contributed by atoms with Crippen molar-refractivity contribution in [2.24, 2.45) is 0 Å². The number of nitrogens with two attached hydrogens (primary N) is 1. The average molecular weight is 554 g/mol. The monoisotopic (exact) mass is 552 g/mol. The van der Waals surface area contributed by atoms with Gasteiger partial charge >= 0.3 is 6.18 Å². The van der Waals surface area contributed by atoms with Crippen LogP contribution >= 0.6 is 36.4 Å². The predicted molar refractivity (Wildman–Crippen MR) is 135 cm³/mol. The lowest BCUT2D eigenvalue weighted by molar-refractivity contribution is -0.136. The minimum atomic E-state index is -4.48. The van der Waals surface area contributed by atoms with Crippen molar-refractivity contribution in [1.82, 2.24) is 9.80 Å². The van der Waals surface area contributed by atoms with Crippen molar-refractivity contribution < 1.29 is 22.8 Å². The van der Waals surface area contributed by atoms with E-state index in [2.05, 4.69) is 4.90 Å². The molecule has 0 bridgehead atoms. The number of fused-ring (bicyclic) bond motifs is 1. The Bertz CT molecular complexity index is 1080. The SMILES string of the molecule is Cl.Cl.Nc1ccc(N2CCN(CCCCN3C(=O)c4ccc(Cl)cc4C3=O)CC2)cc1C(F)(F)F. The van der Waals surface area contributed by atoms with Gasteiger partial charge in [-0.25, -0.2) is 0 Å². The highest BCUT2D eigenvalue weighted by Crippen LogP contribution is 2.36. The molecule has 2 heterocycles. The maximum absolute atomic E-state index is 13.1. The van der Waals surface area contributed by atoms with Crippen LogP contribution in [-0.2, 0) is 6.18 Å². The fourth-order valence-corrected chi connectivity index (χ4v) is 4.46. The molecule has 2 N–H and O–H groups in total. The summed E-state index contributed by atoms with van der Waals surface area (Å²) >= 11 is 5.93. The van der Waals surface area contributed by atoms with Gasteiger partial charge in [0.15, 0.2) is 0 Å². The minimum Gasteiger partial charge on any atom is -0.398 e. The molecule has 2 aliphatic rings. The number of hydrogen-bond donors (Lipinski definition) is 1. The molecule has 2 amide bonds. The van der Waals surface area contributed by atoms with Crippen LogP contribution in [0, 0.1) is 0 Å². The maximum Gasteiger partial charge on any atom is 0.418 e. The van der Waals surface area contributed by atoms with Crippen molar-refractivity contribution in [2.75, 3.05) is 49.9 Å². The van der Waals surface area contributed by atoms with Crippen LogP contribution in [-0.4, -0.2) is 60.9 Å². The van der Waals surface area contributed by atoms with Gasteiger partial charge in [0.2, 0.25) is 0 Å². The molecule has 192 valence electrons.